The molecule has 0 aliphatic carbocycles. The Balaban J connectivity index is 1.83. The summed E-state index contributed by atoms with van der Waals surface area (Å²) in [6.45, 7) is 4.62. The van der Waals surface area contributed by atoms with E-state index < -0.39 is 17.7 Å². The normalized spacial score (nSPS) is 17.6. The Morgan fingerprint density at radius 1 is 1.06 bits per heavy atom. The lowest BCUT2D eigenvalue weighted by Crippen LogP contribution is -2.29. The van der Waals surface area contributed by atoms with E-state index in [9.17, 15) is 14.7 Å². The number of aliphatic hydroxyl groups excluding tert-OH is 1. The molecule has 6 nitrogen and oxygen atoms in total. The molecule has 0 saturated carbocycles. The number of carbonyl (C=O) groups excluding carboxylic acids is 2. The van der Waals surface area contributed by atoms with E-state index >= 15 is 0 Å². The molecule has 1 saturated heterocycles. The van der Waals surface area contributed by atoms with Gasteiger partial charge >= 0.3 is 0 Å². The molecule has 1 amide bonds. The SMILES string of the molecule is COc1cccc(N2C(=O)C(=O)/C(=C(\O)c3cccc(OCC(C)C)c3)C2c2cccs2)c1. The first-order valence-electron chi connectivity index (χ1n) is 10.6. The number of hydrogen-bond acceptors (Lipinski definition) is 6. The summed E-state index contributed by atoms with van der Waals surface area (Å²) in [5, 5.41) is 13.1. The Morgan fingerprint density at radius 3 is 2.52 bits per heavy atom. The molecule has 4 rings (SSSR count). The van der Waals surface area contributed by atoms with Crippen LogP contribution in [-0.4, -0.2) is 30.5 Å². The molecule has 1 aromatic heterocycles. The molecule has 0 bridgehead atoms. The van der Waals surface area contributed by atoms with E-state index in [-0.39, 0.29) is 11.3 Å². The molecule has 1 aliphatic rings. The van der Waals surface area contributed by atoms with Crippen molar-refractivity contribution in [1.82, 2.24) is 0 Å². The monoisotopic (exact) mass is 463 g/mol. The van der Waals surface area contributed by atoms with Crippen LogP contribution in [0.4, 0.5) is 5.69 Å². The maximum Gasteiger partial charge on any atom is 0.300 e. The van der Waals surface area contributed by atoms with Crippen molar-refractivity contribution < 1.29 is 24.2 Å². The van der Waals surface area contributed by atoms with Crippen LogP contribution in [0.15, 0.2) is 71.6 Å². The second kappa shape index (κ2) is 9.50. The van der Waals surface area contributed by atoms with E-state index in [0.717, 1.165) is 4.88 Å². The minimum Gasteiger partial charge on any atom is -0.507 e. The van der Waals surface area contributed by atoms with Gasteiger partial charge in [0.05, 0.1) is 19.3 Å². The van der Waals surface area contributed by atoms with Crippen LogP contribution in [0.3, 0.4) is 0 Å². The fourth-order valence-electron chi connectivity index (χ4n) is 3.73. The molecule has 33 heavy (non-hydrogen) atoms. The largest absolute Gasteiger partial charge is 0.507 e. The minimum atomic E-state index is -0.752. The van der Waals surface area contributed by atoms with Crippen LogP contribution >= 0.6 is 11.3 Å². The third kappa shape index (κ3) is 4.50. The fraction of sp³-hybridized carbons (Fsp3) is 0.231. The number of methoxy groups -OCH3 is 1. The van der Waals surface area contributed by atoms with E-state index in [0.29, 0.717) is 35.3 Å². The van der Waals surface area contributed by atoms with Gasteiger partial charge in [-0.15, -0.1) is 11.3 Å². The minimum absolute atomic E-state index is 0.0475. The van der Waals surface area contributed by atoms with Crippen LogP contribution in [0.2, 0.25) is 0 Å². The Kier molecular flexibility index (Phi) is 6.51. The quantitative estimate of drug-likeness (QED) is 0.288. The number of ketones is 1. The van der Waals surface area contributed by atoms with Gasteiger partial charge in [0.25, 0.3) is 11.7 Å². The van der Waals surface area contributed by atoms with Gasteiger partial charge in [0.15, 0.2) is 0 Å². The Morgan fingerprint density at radius 2 is 1.82 bits per heavy atom. The van der Waals surface area contributed by atoms with E-state index in [2.05, 4.69) is 0 Å². The summed E-state index contributed by atoms with van der Waals surface area (Å²) in [5.74, 6) is -0.171. The van der Waals surface area contributed by atoms with Crippen molar-refractivity contribution in [3.05, 3.63) is 82.1 Å². The van der Waals surface area contributed by atoms with Crippen molar-refractivity contribution in [3.63, 3.8) is 0 Å². The first-order valence-corrected chi connectivity index (χ1v) is 11.5. The summed E-state index contributed by atoms with van der Waals surface area (Å²) < 4.78 is 11.1. The van der Waals surface area contributed by atoms with Gasteiger partial charge in [-0.25, -0.2) is 0 Å². The molecule has 2 aromatic carbocycles. The van der Waals surface area contributed by atoms with Crippen LogP contribution in [-0.2, 0) is 9.59 Å². The van der Waals surface area contributed by atoms with Crippen LogP contribution in [0, 0.1) is 5.92 Å². The third-order valence-corrected chi connectivity index (χ3v) is 6.20. The number of aliphatic hydroxyl groups is 1. The number of carbonyl (C=O) groups is 2. The average Bonchev–Trinajstić information content (AvgIpc) is 3.44. The number of ether oxygens (including phenoxy) is 2. The van der Waals surface area contributed by atoms with Crippen molar-refractivity contribution in [2.75, 3.05) is 18.6 Å². The maximum atomic E-state index is 13.2. The maximum absolute atomic E-state index is 13.2. The number of amides is 1. The smallest absolute Gasteiger partial charge is 0.300 e. The number of Topliss-reactive ketones (excluding diaryl/α,β-unsaturated/α-hetero) is 1. The zero-order chi connectivity index (χ0) is 23.5. The molecule has 1 N–H and O–H groups in total. The van der Waals surface area contributed by atoms with Crippen molar-refractivity contribution >= 4 is 34.5 Å². The standard InChI is InChI=1S/C26H25NO5S/c1-16(2)15-32-20-10-4-7-17(13-20)24(28)22-23(21-11-6-12-33-21)27(26(30)25(22)29)18-8-5-9-19(14-18)31-3/h4-14,16,23,28H,15H2,1-3H3/b24-22-. The van der Waals surface area contributed by atoms with Gasteiger partial charge < -0.3 is 14.6 Å². The lowest BCUT2D eigenvalue weighted by atomic mass is 9.99. The molecule has 7 heteroatoms. The van der Waals surface area contributed by atoms with E-state index in [1.165, 1.54) is 16.2 Å². The van der Waals surface area contributed by atoms with Gasteiger partial charge in [0.2, 0.25) is 0 Å². The van der Waals surface area contributed by atoms with Crippen molar-refractivity contribution in [2.45, 2.75) is 19.9 Å². The highest BCUT2D eigenvalue weighted by molar-refractivity contribution is 7.10. The molecule has 170 valence electrons. The molecule has 0 spiro atoms. The molecule has 1 fully saturated rings. The summed E-state index contributed by atoms with van der Waals surface area (Å²) >= 11 is 1.42. The molecule has 0 radical (unpaired) electrons. The number of nitrogens with zero attached hydrogens (tertiary/aromatic N) is 1. The second-order valence-corrected chi connectivity index (χ2v) is 9.10. The van der Waals surface area contributed by atoms with Crippen LogP contribution in [0.5, 0.6) is 11.5 Å². The number of rotatable bonds is 7. The highest BCUT2D eigenvalue weighted by Crippen LogP contribution is 2.44. The Hall–Kier alpha value is -3.58. The van der Waals surface area contributed by atoms with Crippen LogP contribution in [0.1, 0.15) is 30.3 Å². The zero-order valence-corrected chi connectivity index (χ0v) is 19.5. The predicted octanol–water partition coefficient (Wildman–Crippen LogP) is 5.42. The Bertz CT molecular complexity index is 1200. The van der Waals surface area contributed by atoms with E-state index in [4.69, 9.17) is 9.47 Å². The molecule has 1 unspecified atom stereocenters. The van der Waals surface area contributed by atoms with Crippen molar-refractivity contribution in [1.29, 1.82) is 0 Å². The van der Waals surface area contributed by atoms with Gasteiger partial charge in [-0.2, -0.15) is 0 Å². The fourth-order valence-corrected chi connectivity index (χ4v) is 4.55. The van der Waals surface area contributed by atoms with E-state index in [1.54, 1.807) is 55.6 Å². The van der Waals surface area contributed by atoms with Crippen LogP contribution < -0.4 is 14.4 Å². The molecule has 3 aromatic rings. The lowest BCUT2D eigenvalue weighted by molar-refractivity contribution is -0.132. The van der Waals surface area contributed by atoms with Gasteiger partial charge in [-0.3, -0.25) is 14.5 Å². The van der Waals surface area contributed by atoms with Crippen LogP contribution in [0.25, 0.3) is 5.76 Å². The third-order valence-electron chi connectivity index (χ3n) is 5.28. The molecule has 1 aliphatic heterocycles. The topological polar surface area (TPSA) is 76.1 Å². The summed E-state index contributed by atoms with van der Waals surface area (Å²) in [4.78, 5) is 28.6. The summed E-state index contributed by atoms with van der Waals surface area (Å²) in [6.07, 6.45) is 0. The first-order chi connectivity index (χ1) is 15.9. The predicted molar refractivity (Wildman–Crippen MR) is 129 cm³/mol. The highest BCUT2D eigenvalue weighted by Gasteiger charge is 2.47. The van der Waals surface area contributed by atoms with Gasteiger partial charge in [-0.1, -0.05) is 38.1 Å². The van der Waals surface area contributed by atoms with E-state index in [1.807, 2.05) is 31.4 Å². The lowest BCUT2D eigenvalue weighted by Gasteiger charge is -2.24. The molecule has 1 atom stereocenters. The Labute approximate surface area is 196 Å². The number of hydrogen-bond donors (Lipinski definition) is 1. The highest BCUT2D eigenvalue weighted by atomic mass is 32.1. The molecule has 2 heterocycles. The summed E-state index contributed by atoms with van der Waals surface area (Å²) in [7, 11) is 1.54. The molecular weight excluding hydrogens is 438 g/mol. The van der Waals surface area contributed by atoms with Gasteiger partial charge in [0.1, 0.15) is 23.3 Å². The first kappa shape index (κ1) is 22.6. The number of anilines is 1. The van der Waals surface area contributed by atoms with Gasteiger partial charge in [-0.05, 0) is 41.6 Å². The number of thiophene rings is 1. The summed E-state index contributed by atoms with van der Waals surface area (Å²) in [5.41, 5.74) is 0.982. The van der Waals surface area contributed by atoms with Crippen molar-refractivity contribution in [3.8, 4) is 11.5 Å². The van der Waals surface area contributed by atoms with Crippen molar-refractivity contribution in [2.24, 2.45) is 5.92 Å². The average molecular weight is 464 g/mol. The summed E-state index contributed by atoms with van der Waals surface area (Å²) in [6, 6.07) is 16.9. The van der Waals surface area contributed by atoms with Gasteiger partial charge in [0, 0.05) is 22.2 Å². The second-order valence-electron chi connectivity index (χ2n) is 8.12. The zero-order valence-electron chi connectivity index (χ0n) is 18.6. The number of benzene rings is 2. The molecular formula is C26H25NO5S.